The monoisotopic (exact) mass is 318 g/mol. The van der Waals surface area contributed by atoms with Crippen LogP contribution in [0.15, 0.2) is 0 Å². The maximum absolute atomic E-state index is 8.82. The van der Waals surface area contributed by atoms with Crippen LogP contribution in [-0.2, 0) is 45.7 Å². The summed E-state index contributed by atoms with van der Waals surface area (Å²) in [6.07, 6.45) is 0. The van der Waals surface area contributed by atoms with Crippen LogP contribution in [0.4, 0.5) is 0 Å². The first-order chi connectivity index (χ1) is 4.00. The van der Waals surface area contributed by atoms with Crippen LogP contribution in [0.2, 0.25) is 0 Å². The summed E-state index contributed by atoms with van der Waals surface area (Å²) in [5.41, 5.74) is 0. The first-order valence-electron chi connectivity index (χ1n) is 1.33. The molecule has 12 heavy (non-hydrogen) atoms. The molecule has 0 radical (unpaired) electrons. The van der Waals surface area contributed by atoms with Gasteiger partial charge in [-0.25, -0.2) is 0 Å². The molecule has 0 unspecified atom stereocenters. The Bertz CT molecular complexity index is 300. The Hall–Kier alpha value is 3.20. The summed E-state index contributed by atoms with van der Waals surface area (Å²) in [7, 11) is 0. The molecule has 0 saturated carbocycles. The van der Waals surface area contributed by atoms with Gasteiger partial charge in [-0.3, -0.25) is 0 Å². The summed E-state index contributed by atoms with van der Waals surface area (Å²) in [5, 5.41) is 0. The van der Waals surface area contributed by atoms with Crippen LogP contribution in [0, 0.1) is 0 Å². The molecule has 68 valence electrons. The third kappa shape index (κ3) is 192. The van der Waals surface area contributed by atoms with Crippen LogP contribution < -0.4 is 103 Å². The molecule has 0 aliphatic rings. The zero-order chi connectivity index (χ0) is 9.00. The van der Waals surface area contributed by atoms with E-state index in [9.17, 15) is 0 Å². The van der Waals surface area contributed by atoms with Crippen LogP contribution >= 0.6 is 0 Å². The third-order valence-electron chi connectivity index (χ3n) is 0. The van der Waals surface area contributed by atoms with Crippen LogP contribution in [0.25, 0.3) is 0 Å². The van der Waals surface area contributed by atoms with Gasteiger partial charge in [0, 0.05) is 0 Å². The van der Waals surface area contributed by atoms with Gasteiger partial charge in [0.2, 0.25) is 0 Å². The summed E-state index contributed by atoms with van der Waals surface area (Å²) < 4.78 is 64.9. The Labute approximate surface area is 159 Å². The topological polar surface area (TPSA) is 146 Å². The van der Waals surface area contributed by atoms with Crippen LogP contribution in [0.5, 0.6) is 0 Å². The van der Waals surface area contributed by atoms with Gasteiger partial charge in [0.15, 0.2) is 0 Å². The molecule has 8 nitrogen and oxygen atoms in total. The molecule has 0 fully saturated rings. The molecular formula is H5CrK2MnO8. The summed E-state index contributed by atoms with van der Waals surface area (Å²) >= 11 is -10.6. The minimum atomic E-state index is -5.38. The molecule has 0 aliphatic carbocycles. The van der Waals surface area contributed by atoms with Gasteiger partial charge in [0.25, 0.3) is 0 Å². The molecule has 0 bridgehead atoms. The van der Waals surface area contributed by atoms with Crippen LogP contribution in [0.1, 0.15) is 2.85 Å². The molecule has 0 aliphatic heterocycles. The average molecular weight is 318 g/mol. The standard InChI is InChI=1S/Cr.2K.Mn.3H2O.5O.2H/h;;;;3*1H2;;;;;;;/q+2;3*+1;;;;;;;;;2*-1/p-3. The van der Waals surface area contributed by atoms with Gasteiger partial charge in [0.1, 0.15) is 0 Å². The van der Waals surface area contributed by atoms with Crippen LogP contribution in [-0.4, -0.2) is 12.5 Å². The summed E-state index contributed by atoms with van der Waals surface area (Å²) in [6.45, 7) is 0. The summed E-state index contributed by atoms with van der Waals surface area (Å²) in [4.78, 5) is 0. The quantitative estimate of drug-likeness (QED) is 0.373. The molecule has 3 N–H and O–H groups in total. The Kier molecular flexibility index (Phi) is 21.8. The Morgan fingerprint density at radius 1 is 1.00 bits per heavy atom. The van der Waals surface area contributed by atoms with E-state index in [2.05, 4.69) is 0 Å². The zero-order valence-corrected chi connectivity index (χ0v) is 14.9. The van der Waals surface area contributed by atoms with Crippen molar-refractivity contribution in [1.29, 1.82) is 0 Å². The van der Waals surface area contributed by atoms with Gasteiger partial charge in [-0.15, -0.1) is 0 Å². The van der Waals surface area contributed by atoms with Crippen molar-refractivity contribution >= 4 is 0 Å². The molecule has 0 saturated heterocycles. The fourth-order valence-corrected chi connectivity index (χ4v) is 0. The van der Waals surface area contributed by atoms with E-state index in [0.29, 0.717) is 0 Å². The molecule has 12 heteroatoms. The SMILES string of the molecule is [H-].[H-].[K+].[K+].[O]=[Cr](=[O])([OH])[OH].[O]=[Mn](=[O])(=[O])[OH]. The van der Waals surface area contributed by atoms with Crippen molar-refractivity contribution in [3.8, 4) is 0 Å². The normalized spacial score (nSPS) is 9.58. The maximum atomic E-state index is 8.82. The Morgan fingerprint density at radius 3 is 1.00 bits per heavy atom. The van der Waals surface area contributed by atoms with Crippen LogP contribution in [0.3, 0.4) is 0 Å². The third-order valence-corrected chi connectivity index (χ3v) is 0. The van der Waals surface area contributed by atoms with Gasteiger partial charge >= 0.3 is 161 Å². The predicted molar refractivity (Wildman–Crippen MR) is 12.3 cm³/mol. The molecular weight excluding hydrogens is 313 g/mol. The van der Waals surface area contributed by atoms with E-state index in [4.69, 9.17) is 31.6 Å². The van der Waals surface area contributed by atoms with Crippen molar-refractivity contribution in [2.75, 3.05) is 0 Å². The van der Waals surface area contributed by atoms with Crippen molar-refractivity contribution in [2.45, 2.75) is 0 Å². The van der Waals surface area contributed by atoms with Crippen molar-refractivity contribution in [2.24, 2.45) is 0 Å². The molecule has 0 rings (SSSR count). The number of hydrogen-bond donors (Lipinski definition) is 3. The van der Waals surface area contributed by atoms with Crippen molar-refractivity contribution in [3.05, 3.63) is 0 Å². The second kappa shape index (κ2) is 10.7. The second-order valence-corrected chi connectivity index (χ2v) is 3.48. The molecule has 0 amide bonds. The van der Waals surface area contributed by atoms with E-state index in [-0.39, 0.29) is 106 Å². The number of hydrogen-bond acceptors (Lipinski definition) is 5. The molecule has 0 spiro atoms. The summed E-state index contributed by atoms with van der Waals surface area (Å²) in [6, 6.07) is 0. The molecule has 0 aromatic heterocycles. The fourth-order valence-electron chi connectivity index (χ4n) is 0. The molecule has 0 aromatic rings. The Morgan fingerprint density at radius 2 is 1.00 bits per heavy atom. The predicted octanol–water partition coefficient (Wildman–Crippen LogP) is -8.04. The van der Waals surface area contributed by atoms with Gasteiger partial charge in [-0.1, -0.05) is 0 Å². The van der Waals surface area contributed by atoms with Gasteiger partial charge in [-0.05, 0) is 0 Å². The fraction of sp³-hybridized carbons (Fsp3) is 0. The van der Waals surface area contributed by atoms with E-state index in [1.165, 1.54) is 0 Å². The van der Waals surface area contributed by atoms with Crippen molar-refractivity contribution in [3.63, 3.8) is 0 Å². The van der Waals surface area contributed by atoms with E-state index >= 15 is 0 Å². The van der Waals surface area contributed by atoms with Crippen molar-refractivity contribution < 1.29 is 164 Å². The minimum absolute atomic E-state index is 0. The van der Waals surface area contributed by atoms with Crippen molar-refractivity contribution in [1.82, 2.24) is 0 Å². The Balaban J connectivity index is -0.0000000178. The average Bonchev–Trinajstić information content (AvgIpc) is 1.12. The van der Waals surface area contributed by atoms with E-state index in [1.54, 1.807) is 0 Å². The van der Waals surface area contributed by atoms with Gasteiger partial charge < -0.3 is 2.85 Å². The zero-order valence-electron chi connectivity index (χ0n) is 8.17. The molecule has 0 heterocycles. The van der Waals surface area contributed by atoms with Gasteiger partial charge in [-0.2, -0.15) is 0 Å². The molecule has 0 aromatic carbocycles. The summed E-state index contributed by atoms with van der Waals surface area (Å²) in [5.74, 6) is 0. The number of rotatable bonds is 0. The first-order valence-corrected chi connectivity index (χ1v) is 5.49. The molecule has 0 atom stereocenters. The van der Waals surface area contributed by atoms with E-state index < -0.39 is 26.6 Å². The van der Waals surface area contributed by atoms with Gasteiger partial charge in [0.05, 0.1) is 0 Å². The first kappa shape index (κ1) is 24.4. The van der Waals surface area contributed by atoms with E-state index in [1.807, 2.05) is 0 Å². The van der Waals surface area contributed by atoms with E-state index in [0.717, 1.165) is 0 Å². The second-order valence-electron chi connectivity index (χ2n) is 0.844.